The number of fused-ring (bicyclic) bond motifs is 2. The number of thiazole rings is 1. The molecule has 4 rings (SSSR count). The molecule has 4 aromatic rings. The van der Waals surface area contributed by atoms with Crippen LogP contribution in [0.15, 0.2) is 39.0 Å². The van der Waals surface area contributed by atoms with Crippen LogP contribution in [0.5, 0.6) is 0 Å². The van der Waals surface area contributed by atoms with Crippen molar-refractivity contribution in [2.45, 2.75) is 6.54 Å². The van der Waals surface area contributed by atoms with Crippen LogP contribution in [-0.2, 0) is 6.54 Å². The minimum absolute atomic E-state index is 0.423. The first-order chi connectivity index (χ1) is 9.76. The predicted molar refractivity (Wildman–Crippen MR) is 76.8 cm³/mol. The predicted octanol–water partition coefficient (Wildman–Crippen LogP) is 1.96. The molecule has 7 heteroatoms. The second kappa shape index (κ2) is 4.06. The molecular formula is C13H10N4O2S. The molecule has 0 bridgehead atoms. The molecule has 0 aliphatic rings. The summed E-state index contributed by atoms with van der Waals surface area (Å²) in [5, 5.41) is 2.02. The molecule has 20 heavy (non-hydrogen) atoms. The van der Waals surface area contributed by atoms with Gasteiger partial charge < -0.3 is 10.2 Å². The molecule has 0 aliphatic carbocycles. The standard InChI is InChI=1S/C13H10N4O2S/c14-4-8-5-15-12-17(8)10(6-20-12)7-1-2-9-11(3-7)19-13(18)16-9/h1-3,5-6H,4,14H2,(H,16,18). The van der Waals surface area contributed by atoms with Gasteiger partial charge in [-0.2, -0.15) is 0 Å². The quantitative estimate of drug-likeness (QED) is 0.589. The van der Waals surface area contributed by atoms with Crippen LogP contribution >= 0.6 is 11.3 Å². The van der Waals surface area contributed by atoms with E-state index < -0.39 is 5.76 Å². The lowest BCUT2D eigenvalue weighted by Crippen LogP contribution is -2.00. The van der Waals surface area contributed by atoms with E-state index in [4.69, 9.17) is 10.2 Å². The molecule has 0 amide bonds. The lowest BCUT2D eigenvalue weighted by Gasteiger charge is -2.02. The molecular weight excluding hydrogens is 276 g/mol. The average molecular weight is 286 g/mol. The molecule has 0 radical (unpaired) electrons. The normalized spacial score (nSPS) is 11.7. The Hall–Kier alpha value is -2.38. The maximum atomic E-state index is 11.2. The Balaban J connectivity index is 1.99. The van der Waals surface area contributed by atoms with Crippen molar-refractivity contribution in [3.8, 4) is 11.3 Å². The fourth-order valence-electron chi connectivity index (χ4n) is 2.32. The second-order valence-electron chi connectivity index (χ2n) is 4.42. The van der Waals surface area contributed by atoms with E-state index in [9.17, 15) is 4.79 Å². The lowest BCUT2D eigenvalue weighted by atomic mass is 10.1. The first-order valence-corrected chi connectivity index (χ1v) is 6.91. The van der Waals surface area contributed by atoms with Crippen molar-refractivity contribution < 1.29 is 4.42 Å². The highest BCUT2D eigenvalue weighted by Crippen LogP contribution is 2.29. The van der Waals surface area contributed by atoms with Gasteiger partial charge in [0.05, 0.1) is 23.1 Å². The molecule has 6 nitrogen and oxygen atoms in total. The van der Waals surface area contributed by atoms with Gasteiger partial charge in [-0.15, -0.1) is 11.3 Å². The van der Waals surface area contributed by atoms with Crippen molar-refractivity contribution in [1.29, 1.82) is 0 Å². The molecule has 0 atom stereocenters. The molecule has 0 saturated carbocycles. The van der Waals surface area contributed by atoms with E-state index in [1.807, 2.05) is 28.0 Å². The third kappa shape index (κ3) is 1.54. The maximum Gasteiger partial charge on any atom is 0.417 e. The van der Waals surface area contributed by atoms with Crippen LogP contribution in [0.4, 0.5) is 0 Å². The van der Waals surface area contributed by atoms with Gasteiger partial charge in [0, 0.05) is 17.5 Å². The molecule has 1 aromatic carbocycles. The number of aromatic nitrogens is 3. The molecule has 0 fully saturated rings. The molecule has 0 aliphatic heterocycles. The van der Waals surface area contributed by atoms with E-state index in [1.54, 1.807) is 17.5 Å². The van der Waals surface area contributed by atoms with Crippen LogP contribution in [0.2, 0.25) is 0 Å². The van der Waals surface area contributed by atoms with Gasteiger partial charge in [-0.25, -0.2) is 9.78 Å². The Morgan fingerprint density at radius 2 is 2.35 bits per heavy atom. The molecule has 3 N–H and O–H groups in total. The SMILES string of the molecule is NCc1cnc2scc(-c3ccc4[nH]c(=O)oc4c3)n12. The summed E-state index contributed by atoms with van der Waals surface area (Å²) in [6, 6.07) is 5.61. The number of H-pyrrole nitrogens is 1. The number of imidazole rings is 1. The number of aromatic amines is 1. The zero-order chi connectivity index (χ0) is 13.7. The van der Waals surface area contributed by atoms with Crippen molar-refractivity contribution in [2.75, 3.05) is 0 Å². The van der Waals surface area contributed by atoms with Crippen molar-refractivity contribution in [1.82, 2.24) is 14.4 Å². The van der Waals surface area contributed by atoms with Gasteiger partial charge in [0.1, 0.15) is 0 Å². The summed E-state index contributed by atoms with van der Waals surface area (Å²) < 4.78 is 7.12. The Kier molecular flexibility index (Phi) is 2.32. The lowest BCUT2D eigenvalue weighted by molar-refractivity contribution is 0.555. The Morgan fingerprint density at radius 1 is 1.45 bits per heavy atom. The number of nitrogens with zero attached hydrogens (tertiary/aromatic N) is 2. The van der Waals surface area contributed by atoms with Crippen LogP contribution in [-0.4, -0.2) is 14.4 Å². The van der Waals surface area contributed by atoms with E-state index in [1.165, 1.54) is 0 Å². The average Bonchev–Trinajstić information content (AvgIpc) is 3.09. The summed E-state index contributed by atoms with van der Waals surface area (Å²) in [4.78, 5) is 19.1. The minimum atomic E-state index is -0.446. The monoisotopic (exact) mass is 286 g/mol. The maximum absolute atomic E-state index is 11.2. The summed E-state index contributed by atoms with van der Waals surface area (Å²) in [6.45, 7) is 0.423. The van der Waals surface area contributed by atoms with Crippen LogP contribution in [0.3, 0.4) is 0 Å². The fraction of sp³-hybridized carbons (Fsp3) is 0.0769. The smallest absolute Gasteiger partial charge is 0.408 e. The van der Waals surface area contributed by atoms with Crippen molar-refractivity contribution in [2.24, 2.45) is 5.73 Å². The molecule has 0 saturated heterocycles. The molecule has 3 aromatic heterocycles. The summed E-state index contributed by atoms with van der Waals surface area (Å²) in [5.41, 5.74) is 9.87. The highest BCUT2D eigenvalue weighted by atomic mass is 32.1. The van der Waals surface area contributed by atoms with E-state index in [-0.39, 0.29) is 0 Å². The molecule has 0 unspecified atom stereocenters. The van der Waals surface area contributed by atoms with E-state index in [2.05, 4.69) is 9.97 Å². The zero-order valence-electron chi connectivity index (χ0n) is 10.3. The zero-order valence-corrected chi connectivity index (χ0v) is 11.1. The number of oxazole rings is 1. The third-order valence-corrected chi connectivity index (χ3v) is 4.09. The summed E-state index contributed by atoms with van der Waals surface area (Å²) in [5.74, 6) is -0.446. The fourth-order valence-corrected chi connectivity index (χ4v) is 3.21. The minimum Gasteiger partial charge on any atom is -0.408 e. The Bertz CT molecular complexity index is 975. The van der Waals surface area contributed by atoms with Crippen molar-refractivity contribution in [3.05, 3.63) is 46.0 Å². The van der Waals surface area contributed by atoms with E-state index in [0.29, 0.717) is 17.6 Å². The van der Waals surface area contributed by atoms with Gasteiger partial charge in [-0.3, -0.25) is 9.38 Å². The highest BCUT2D eigenvalue weighted by Gasteiger charge is 2.12. The number of nitrogens with one attached hydrogen (secondary N) is 1. The van der Waals surface area contributed by atoms with E-state index >= 15 is 0 Å². The van der Waals surface area contributed by atoms with Crippen LogP contribution in [0, 0.1) is 0 Å². The summed E-state index contributed by atoms with van der Waals surface area (Å²) in [6.07, 6.45) is 1.78. The van der Waals surface area contributed by atoms with Crippen LogP contribution in [0.1, 0.15) is 5.69 Å². The number of benzene rings is 1. The molecule has 100 valence electrons. The third-order valence-electron chi connectivity index (χ3n) is 3.25. The first-order valence-electron chi connectivity index (χ1n) is 6.03. The largest absolute Gasteiger partial charge is 0.417 e. The Morgan fingerprint density at radius 3 is 3.20 bits per heavy atom. The van der Waals surface area contributed by atoms with Gasteiger partial charge in [-0.05, 0) is 12.1 Å². The first kappa shape index (κ1) is 11.4. The van der Waals surface area contributed by atoms with E-state index in [0.717, 1.165) is 21.9 Å². The summed E-state index contributed by atoms with van der Waals surface area (Å²) >= 11 is 1.55. The molecule has 0 spiro atoms. The second-order valence-corrected chi connectivity index (χ2v) is 5.25. The van der Waals surface area contributed by atoms with Crippen molar-refractivity contribution >= 4 is 27.4 Å². The number of rotatable bonds is 2. The van der Waals surface area contributed by atoms with Crippen molar-refractivity contribution in [3.63, 3.8) is 0 Å². The Labute approximate surface area is 116 Å². The van der Waals surface area contributed by atoms with Gasteiger partial charge >= 0.3 is 5.76 Å². The van der Waals surface area contributed by atoms with Crippen LogP contribution < -0.4 is 11.5 Å². The highest BCUT2D eigenvalue weighted by molar-refractivity contribution is 7.15. The van der Waals surface area contributed by atoms with Gasteiger partial charge in [0.15, 0.2) is 10.5 Å². The van der Waals surface area contributed by atoms with Gasteiger partial charge in [0.2, 0.25) is 0 Å². The topological polar surface area (TPSA) is 89.3 Å². The molecule has 3 heterocycles. The number of nitrogens with two attached hydrogens (primary N) is 1. The number of hydrogen-bond acceptors (Lipinski definition) is 5. The van der Waals surface area contributed by atoms with Crippen LogP contribution in [0.25, 0.3) is 27.3 Å². The van der Waals surface area contributed by atoms with Gasteiger partial charge in [-0.1, -0.05) is 6.07 Å². The summed E-state index contributed by atoms with van der Waals surface area (Å²) in [7, 11) is 0. The number of hydrogen-bond donors (Lipinski definition) is 2. The van der Waals surface area contributed by atoms with Gasteiger partial charge in [0.25, 0.3) is 0 Å².